The van der Waals surface area contributed by atoms with Crippen LogP contribution in [0.25, 0.3) is 38.3 Å². The minimum absolute atomic E-state index is 0.616. The molecule has 5 aromatic rings. The Morgan fingerprint density at radius 2 is 1.70 bits per heavy atom. The third-order valence-electron chi connectivity index (χ3n) is 4.61. The van der Waals surface area contributed by atoms with Gasteiger partial charge in [0.05, 0.1) is 19.4 Å². The molecule has 0 unspecified atom stereocenters. The largest absolute Gasteiger partial charge is 0.497 e. The number of benzene rings is 2. The van der Waals surface area contributed by atoms with Gasteiger partial charge in [-0.25, -0.2) is 0 Å². The van der Waals surface area contributed by atoms with Gasteiger partial charge in [-0.3, -0.25) is 5.10 Å². The summed E-state index contributed by atoms with van der Waals surface area (Å²) in [5.41, 5.74) is 3.54. The zero-order valence-electron chi connectivity index (χ0n) is 16.4. The van der Waals surface area contributed by atoms with Crippen molar-refractivity contribution in [2.24, 2.45) is 0 Å². The van der Waals surface area contributed by atoms with Gasteiger partial charge in [-0.15, -0.1) is 10.2 Å². The third kappa shape index (κ3) is 3.29. The van der Waals surface area contributed by atoms with E-state index in [0.29, 0.717) is 12.4 Å². The molecule has 0 radical (unpaired) electrons. The van der Waals surface area contributed by atoms with Crippen LogP contribution in [0.4, 0.5) is 0 Å². The highest BCUT2D eigenvalue weighted by molar-refractivity contribution is 7.19. The Bertz CT molecular complexity index is 1290. The number of rotatable bonds is 6. The van der Waals surface area contributed by atoms with E-state index in [2.05, 4.69) is 20.4 Å². The normalized spacial score (nSPS) is 11.1. The number of hydrogen-bond acceptors (Lipinski definition) is 7. The average molecular weight is 418 g/mol. The lowest BCUT2D eigenvalue weighted by atomic mass is 10.1. The van der Waals surface area contributed by atoms with Crippen molar-refractivity contribution in [1.29, 1.82) is 0 Å². The summed E-state index contributed by atoms with van der Waals surface area (Å²) < 4.78 is 12.5. The van der Waals surface area contributed by atoms with E-state index < -0.39 is 0 Å². The van der Waals surface area contributed by atoms with Gasteiger partial charge in [0.2, 0.25) is 10.8 Å². The summed E-state index contributed by atoms with van der Waals surface area (Å²) in [5, 5.41) is 21.6. The van der Waals surface area contributed by atoms with Crippen LogP contribution in [-0.2, 0) is 0 Å². The second kappa shape index (κ2) is 7.60. The van der Waals surface area contributed by atoms with Gasteiger partial charge in [0.25, 0.3) is 0 Å². The number of hydrogen-bond donors (Lipinski definition) is 1. The number of nitrogens with zero attached hydrogens (tertiary/aromatic N) is 5. The monoisotopic (exact) mass is 418 g/mol. The topological polar surface area (TPSA) is 90.2 Å². The summed E-state index contributed by atoms with van der Waals surface area (Å²) in [4.78, 5) is 0.717. The van der Waals surface area contributed by atoms with Crippen molar-refractivity contribution in [2.75, 3.05) is 13.7 Å². The number of fused-ring (bicyclic) bond motifs is 1. The molecule has 0 saturated heterocycles. The molecule has 0 aliphatic heterocycles. The first-order valence-electron chi connectivity index (χ1n) is 9.41. The van der Waals surface area contributed by atoms with Crippen molar-refractivity contribution in [3.8, 4) is 44.8 Å². The van der Waals surface area contributed by atoms with Crippen LogP contribution in [0.2, 0.25) is 0 Å². The summed E-state index contributed by atoms with van der Waals surface area (Å²) >= 11 is 1.48. The van der Waals surface area contributed by atoms with Gasteiger partial charge >= 0.3 is 0 Å². The minimum atomic E-state index is 0.616. The molecule has 2 aromatic carbocycles. The first-order valence-corrected chi connectivity index (χ1v) is 10.2. The van der Waals surface area contributed by atoms with Gasteiger partial charge in [0, 0.05) is 11.1 Å². The average Bonchev–Trinajstić information content (AvgIpc) is 3.50. The van der Waals surface area contributed by atoms with Crippen molar-refractivity contribution in [3.05, 3.63) is 54.6 Å². The Labute approximate surface area is 176 Å². The SMILES string of the molecule is CCOc1ccc(-c2nn3c(-c4cc(-c5ccc(OC)cc5)n[nH]4)nnc3s2)cc1. The smallest absolute Gasteiger partial charge is 0.235 e. The van der Waals surface area contributed by atoms with Gasteiger partial charge in [0.15, 0.2) is 0 Å². The molecule has 3 aromatic heterocycles. The van der Waals surface area contributed by atoms with Crippen LogP contribution in [0.1, 0.15) is 6.92 Å². The van der Waals surface area contributed by atoms with Gasteiger partial charge in [-0.2, -0.15) is 14.7 Å². The predicted molar refractivity (Wildman–Crippen MR) is 115 cm³/mol. The van der Waals surface area contributed by atoms with E-state index in [1.807, 2.05) is 61.5 Å². The molecule has 0 spiro atoms. The van der Waals surface area contributed by atoms with Crippen LogP contribution in [-0.4, -0.2) is 43.7 Å². The quantitative estimate of drug-likeness (QED) is 0.442. The molecule has 30 heavy (non-hydrogen) atoms. The molecular weight excluding hydrogens is 400 g/mol. The Hall–Kier alpha value is -3.72. The predicted octanol–water partition coefficient (Wildman–Crippen LogP) is 4.32. The molecule has 0 aliphatic rings. The van der Waals surface area contributed by atoms with Crippen LogP contribution in [0, 0.1) is 0 Å². The molecule has 0 bridgehead atoms. The second-order valence-corrected chi connectivity index (χ2v) is 7.43. The summed E-state index contributed by atoms with van der Waals surface area (Å²) in [6.07, 6.45) is 0. The van der Waals surface area contributed by atoms with Crippen LogP contribution >= 0.6 is 11.3 Å². The van der Waals surface area contributed by atoms with Crippen molar-refractivity contribution in [3.63, 3.8) is 0 Å². The van der Waals surface area contributed by atoms with Crippen molar-refractivity contribution in [1.82, 2.24) is 30.0 Å². The van der Waals surface area contributed by atoms with E-state index in [0.717, 1.165) is 44.0 Å². The zero-order valence-corrected chi connectivity index (χ0v) is 17.2. The lowest BCUT2D eigenvalue weighted by molar-refractivity contribution is 0.340. The number of ether oxygens (including phenoxy) is 2. The number of aromatic amines is 1. The lowest BCUT2D eigenvalue weighted by Crippen LogP contribution is -1.92. The molecule has 9 heteroatoms. The molecule has 8 nitrogen and oxygen atoms in total. The van der Waals surface area contributed by atoms with E-state index >= 15 is 0 Å². The fourth-order valence-corrected chi connectivity index (χ4v) is 3.95. The maximum absolute atomic E-state index is 5.51. The van der Waals surface area contributed by atoms with Gasteiger partial charge in [-0.1, -0.05) is 11.3 Å². The van der Waals surface area contributed by atoms with E-state index in [1.54, 1.807) is 11.6 Å². The molecule has 150 valence electrons. The number of methoxy groups -OCH3 is 1. The van der Waals surface area contributed by atoms with E-state index in [-0.39, 0.29) is 0 Å². The first kappa shape index (κ1) is 18.3. The maximum Gasteiger partial charge on any atom is 0.235 e. The molecule has 5 rings (SSSR count). The Balaban J connectivity index is 1.46. The van der Waals surface area contributed by atoms with Crippen LogP contribution in [0.3, 0.4) is 0 Å². The van der Waals surface area contributed by atoms with E-state index in [9.17, 15) is 0 Å². The maximum atomic E-state index is 5.51. The molecular formula is C21H18N6O2S. The van der Waals surface area contributed by atoms with Gasteiger partial charge in [-0.05, 0) is 61.5 Å². The van der Waals surface area contributed by atoms with E-state index in [4.69, 9.17) is 14.6 Å². The standard InChI is InChI=1S/C21H18N6O2S/c1-3-29-16-10-6-14(7-11-16)20-26-27-19(24-25-21(27)30-20)18-12-17(22-23-18)13-4-8-15(28-2)9-5-13/h4-12H,3H2,1-2H3,(H,22,23). The molecule has 0 aliphatic carbocycles. The lowest BCUT2D eigenvalue weighted by Gasteiger charge is -2.02. The molecule has 3 heterocycles. The van der Waals surface area contributed by atoms with Gasteiger partial charge in [0.1, 0.15) is 22.2 Å². The highest BCUT2D eigenvalue weighted by atomic mass is 32.1. The number of aromatic nitrogens is 6. The van der Waals surface area contributed by atoms with Crippen LogP contribution in [0.15, 0.2) is 54.6 Å². The highest BCUT2D eigenvalue weighted by Crippen LogP contribution is 2.30. The Morgan fingerprint density at radius 3 is 2.43 bits per heavy atom. The van der Waals surface area contributed by atoms with Crippen LogP contribution < -0.4 is 9.47 Å². The summed E-state index contributed by atoms with van der Waals surface area (Å²) in [5.74, 6) is 2.26. The first-order chi connectivity index (χ1) is 14.7. The van der Waals surface area contributed by atoms with Crippen LogP contribution in [0.5, 0.6) is 11.5 Å². The molecule has 0 fully saturated rings. The zero-order chi connectivity index (χ0) is 20.5. The van der Waals surface area contributed by atoms with Crippen molar-refractivity contribution >= 4 is 16.3 Å². The summed E-state index contributed by atoms with van der Waals surface area (Å²) in [6.45, 7) is 2.61. The fraction of sp³-hybridized carbons (Fsp3) is 0.143. The van der Waals surface area contributed by atoms with Crippen molar-refractivity contribution < 1.29 is 9.47 Å². The van der Waals surface area contributed by atoms with Gasteiger partial charge < -0.3 is 9.47 Å². The molecule has 0 saturated carbocycles. The Morgan fingerprint density at radius 1 is 0.967 bits per heavy atom. The highest BCUT2D eigenvalue weighted by Gasteiger charge is 2.17. The molecule has 1 N–H and O–H groups in total. The van der Waals surface area contributed by atoms with E-state index in [1.165, 1.54) is 11.3 Å². The number of H-pyrrole nitrogens is 1. The summed E-state index contributed by atoms with van der Waals surface area (Å²) in [7, 11) is 1.65. The third-order valence-corrected chi connectivity index (χ3v) is 5.56. The van der Waals surface area contributed by atoms with Crippen molar-refractivity contribution in [2.45, 2.75) is 6.92 Å². The summed E-state index contributed by atoms with van der Waals surface area (Å²) in [6, 6.07) is 17.5. The molecule has 0 amide bonds. The Kier molecular flexibility index (Phi) is 4.64. The second-order valence-electron chi connectivity index (χ2n) is 6.48. The number of nitrogens with one attached hydrogen (secondary N) is 1. The fourth-order valence-electron chi connectivity index (χ4n) is 3.11. The molecule has 0 atom stereocenters. The minimum Gasteiger partial charge on any atom is -0.497 e.